The predicted molar refractivity (Wildman–Crippen MR) is 122 cm³/mol. The molecule has 0 saturated heterocycles. The van der Waals surface area contributed by atoms with E-state index in [0.29, 0.717) is 41.8 Å². The molecule has 1 N–H and O–H groups in total. The third kappa shape index (κ3) is 3.77. The minimum absolute atomic E-state index is 0.0639. The highest BCUT2D eigenvalue weighted by Gasteiger charge is 2.29. The molecule has 166 valence electrons. The monoisotopic (exact) mass is 451 g/mol. The van der Waals surface area contributed by atoms with Crippen LogP contribution >= 0.6 is 11.3 Å². The number of nitrogens with zero attached hydrogens (tertiary/aromatic N) is 4. The fourth-order valence-electron chi connectivity index (χ4n) is 4.12. The largest absolute Gasteiger partial charge is 0.496 e. The van der Waals surface area contributed by atoms with E-state index < -0.39 is 0 Å². The first-order chi connectivity index (χ1) is 15.5. The Morgan fingerprint density at radius 3 is 2.81 bits per heavy atom. The van der Waals surface area contributed by atoms with Crippen molar-refractivity contribution in [2.75, 3.05) is 19.0 Å². The summed E-state index contributed by atoms with van der Waals surface area (Å²) in [6, 6.07) is 9.45. The third-order valence-corrected chi connectivity index (χ3v) is 7.20. The van der Waals surface area contributed by atoms with Crippen LogP contribution in [-0.2, 0) is 24.8 Å². The number of carbonyl (C=O) groups is 2. The fraction of sp³-hybridized carbons (Fsp3) is 0.391. The van der Waals surface area contributed by atoms with Gasteiger partial charge in [-0.3, -0.25) is 14.3 Å². The maximum atomic E-state index is 13.3. The van der Waals surface area contributed by atoms with Crippen LogP contribution in [0.25, 0.3) is 11.3 Å². The van der Waals surface area contributed by atoms with Gasteiger partial charge in [-0.05, 0) is 31.0 Å². The number of aryl methyl sites for hydroxylation is 1. The number of thiazole rings is 1. The number of ether oxygens (including phenoxy) is 1. The molecule has 1 aliphatic heterocycles. The van der Waals surface area contributed by atoms with Crippen LogP contribution in [0.3, 0.4) is 0 Å². The minimum atomic E-state index is -0.0692. The first-order valence-corrected chi connectivity index (χ1v) is 11.6. The van der Waals surface area contributed by atoms with Gasteiger partial charge in [0.25, 0.3) is 5.91 Å². The van der Waals surface area contributed by atoms with E-state index in [9.17, 15) is 9.59 Å². The number of hydrogen-bond acceptors (Lipinski definition) is 6. The molecule has 1 saturated carbocycles. The maximum Gasteiger partial charge on any atom is 0.272 e. The lowest BCUT2D eigenvalue weighted by Gasteiger charge is -2.25. The van der Waals surface area contributed by atoms with Gasteiger partial charge in [0.2, 0.25) is 5.91 Å². The highest BCUT2D eigenvalue weighted by molar-refractivity contribution is 7.15. The first kappa shape index (κ1) is 20.7. The topological polar surface area (TPSA) is 89.4 Å². The van der Waals surface area contributed by atoms with Crippen LogP contribution in [0, 0.1) is 5.92 Å². The van der Waals surface area contributed by atoms with Gasteiger partial charge in [0, 0.05) is 36.4 Å². The number of para-hydroxylation sites is 1. The average Bonchev–Trinajstić information content (AvgIpc) is 3.33. The molecule has 0 atom stereocenters. The standard InChI is InChI=1S/C23H25N5O3S/c1-27-18(12-17(26-27)15-8-3-4-9-19(15)31-2)22(30)28-11-10-16-20(13-28)32-23(24-16)25-21(29)14-6-5-7-14/h3-4,8-9,12,14H,5-7,10-11,13H2,1-2H3,(H,24,25,29). The van der Waals surface area contributed by atoms with Crippen LogP contribution in [0.15, 0.2) is 30.3 Å². The van der Waals surface area contributed by atoms with Crippen molar-refractivity contribution in [2.45, 2.75) is 32.2 Å². The predicted octanol–water partition coefficient (Wildman–Crippen LogP) is 3.49. The van der Waals surface area contributed by atoms with E-state index in [0.717, 1.165) is 35.4 Å². The number of fused-ring (bicyclic) bond motifs is 1. The second-order valence-electron chi connectivity index (χ2n) is 8.22. The molecule has 8 nitrogen and oxygen atoms in total. The molecule has 3 heterocycles. The summed E-state index contributed by atoms with van der Waals surface area (Å²) in [7, 11) is 3.40. The number of aromatic nitrogens is 3. The molecule has 9 heteroatoms. The third-order valence-electron chi connectivity index (χ3n) is 6.21. The lowest BCUT2D eigenvalue weighted by molar-refractivity contribution is -0.122. The van der Waals surface area contributed by atoms with Crippen molar-refractivity contribution in [3.8, 4) is 17.0 Å². The summed E-state index contributed by atoms with van der Waals surface area (Å²) in [5.74, 6) is 0.832. The van der Waals surface area contributed by atoms with Gasteiger partial charge in [0.15, 0.2) is 5.13 Å². The number of anilines is 1. The van der Waals surface area contributed by atoms with Gasteiger partial charge in [0.05, 0.1) is 25.0 Å². The molecule has 0 spiro atoms. The van der Waals surface area contributed by atoms with Crippen LogP contribution in [0.1, 0.15) is 40.3 Å². The van der Waals surface area contributed by atoms with Crippen LogP contribution in [0.2, 0.25) is 0 Å². The molecule has 3 aromatic rings. The quantitative estimate of drug-likeness (QED) is 0.641. The Morgan fingerprint density at radius 2 is 2.06 bits per heavy atom. The second kappa shape index (κ2) is 8.38. The average molecular weight is 452 g/mol. The van der Waals surface area contributed by atoms with E-state index in [1.54, 1.807) is 18.8 Å². The minimum Gasteiger partial charge on any atom is -0.496 e. The van der Waals surface area contributed by atoms with E-state index >= 15 is 0 Å². The highest BCUT2D eigenvalue weighted by atomic mass is 32.1. The summed E-state index contributed by atoms with van der Waals surface area (Å²) in [5, 5.41) is 8.14. The van der Waals surface area contributed by atoms with Crippen molar-refractivity contribution in [3.05, 3.63) is 46.6 Å². The zero-order valence-electron chi connectivity index (χ0n) is 18.1. The number of nitrogens with one attached hydrogen (secondary N) is 1. The van der Waals surface area contributed by atoms with Crippen molar-refractivity contribution in [3.63, 3.8) is 0 Å². The molecule has 32 heavy (non-hydrogen) atoms. The van der Waals surface area contributed by atoms with Crippen molar-refractivity contribution in [2.24, 2.45) is 13.0 Å². The van der Waals surface area contributed by atoms with Crippen molar-refractivity contribution in [1.29, 1.82) is 0 Å². The molecular formula is C23H25N5O3S. The normalized spacial score (nSPS) is 15.8. The Hall–Kier alpha value is -3.20. The van der Waals surface area contributed by atoms with Crippen LogP contribution in [-0.4, -0.2) is 45.1 Å². The number of amides is 2. The fourth-order valence-corrected chi connectivity index (χ4v) is 5.14. The molecule has 2 amide bonds. The summed E-state index contributed by atoms with van der Waals surface area (Å²) in [4.78, 5) is 33.0. The Morgan fingerprint density at radius 1 is 1.25 bits per heavy atom. The number of rotatable bonds is 5. The van der Waals surface area contributed by atoms with Crippen LogP contribution in [0.4, 0.5) is 5.13 Å². The zero-order chi connectivity index (χ0) is 22.2. The summed E-state index contributed by atoms with van der Waals surface area (Å²) >= 11 is 1.47. The van der Waals surface area contributed by atoms with Gasteiger partial charge < -0.3 is 15.0 Å². The Labute approximate surface area is 190 Å². The Kier molecular flexibility index (Phi) is 5.42. The van der Waals surface area contributed by atoms with Gasteiger partial charge in [-0.25, -0.2) is 4.98 Å². The number of carbonyl (C=O) groups excluding carboxylic acids is 2. The number of methoxy groups -OCH3 is 1. The number of benzene rings is 1. The van der Waals surface area contributed by atoms with Gasteiger partial charge >= 0.3 is 0 Å². The van der Waals surface area contributed by atoms with E-state index in [4.69, 9.17) is 4.74 Å². The molecule has 1 fully saturated rings. The second-order valence-corrected chi connectivity index (χ2v) is 9.31. The van der Waals surface area contributed by atoms with Gasteiger partial charge in [-0.1, -0.05) is 29.9 Å². The van der Waals surface area contributed by atoms with Crippen molar-refractivity contribution in [1.82, 2.24) is 19.7 Å². The smallest absolute Gasteiger partial charge is 0.272 e. The summed E-state index contributed by atoms with van der Waals surface area (Å²) in [5.41, 5.74) is 3.05. The summed E-state index contributed by atoms with van der Waals surface area (Å²) in [6.07, 6.45) is 3.71. The molecule has 1 aromatic carbocycles. The SMILES string of the molecule is COc1ccccc1-c1cc(C(=O)N2CCc3nc(NC(=O)C4CCC4)sc3C2)n(C)n1. The first-order valence-electron chi connectivity index (χ1n) is 10.8. The molecule has 2 aromatic heterocycles. The molecule has 0 bridgehead atoms. The van der Waals surface area contributed by atoms with E-state index in [1.165, 1.54) is 11.3 Å². The molecule has 2 aliphatic rings. The molecule has 0 unspecified atom stereocenters. The Balaban J connectivity index is 1.32. The van der Waals surface area contributed by atoms with Gasteiger partial charge in [-0.2, -0.15) is 5.10 Å². The zero-order valence-corrected chi connectivity index (χ0v) is 18.9. The van der Waals surface area contributed by atoms with Crippen molar-refractivity contribution >= 4 is 28.3 Å². The van der Waals surface area contributed by atoms with Crippen LogP contribution in [0.5, 0.6) is 5.75 Å². The summed E-state index contributed by atoms with van der Waals surface area (Å²) in [6.45, 7) is 1.07. The maximum absolute atomic E-state index is 13.3. The molecule has 5 rings (SSSR count). The Bertz CT molecular complexity index is 1180. The van der Waals surface area contributed by atoms with E-state index in [1.807, 2.05) is 35.2 Å². The highest BCUT2D eigenvalue weighted by Crippen LogP contribution is 2.33. The molecule has 0 radical (unpaired) electrons. The van der Waals surface area contributed by atoms with Crippen molar-refractivity contribution < 1.29 is 14.3 Å². The lowest BCUT2D eigenvalue weighted by atomic mass is 9.85. The van der Waals surface area contributed by atoms with E-state index in [2.05, 4.69) is 15.4 Å². The molecule has 1 aliphatic carbocycles. The molecular weight excluding hydrogens is 426 g/mol. The van der Waals surface area contributed by atoms with Gasteiger partial charge in [-0.15, -0.1) is 0 Å². The van der Waals surface area contributed by atoms with E-state index in [-0.39, 0.29) is 17.7 Å². The summed E-state index contributed by atoms with van der Waals surface area (Å²) < 4.78 is 7.06. The van der Waals surface area contributed by atoms with Gasteiger partial charge in [0.1, 0.15) is 11.4 Å². The number of hydrogen-bond donors (Lipinski definition) is 1. The van der Waals surface area contributed by atoms with Crippen LogP contribution < -0.4 is 10.1 Å². The lowest BCUT2D eigenvalue weighted by Crippen LogP contribution is -2.36.